The van der Waals surface area contributed by atoms with E-state index in [1.54, 1.807) is 12.3 Å². The fraction of sp³-hybridized carbons (Fsp3) is 0.320. The summed E-state index contributed by atoms with van der Waals surface area (Å²) in [5.41, 5.74) is 3.37. The van der Waals surface area contributed by atoms with E-state index in [1.165, 1.54) is 7.11 Å². The molecular weight excluding hydrogens is 436 g/mol. The van der Waals surface area contributed by atoms with Gasteiger partial charge in [-0.1, -0.05) is 12.1 Å². The molecule has 2 aromatic heterocycles. The van der Waals surface area contributed by atoms with Gasteiger partial charge in [0.1, 0.15) is 0 Å². The summed E-state index contributed by atoms with van der Waals surface area (Å²) in [6.07, 6.45) is 6.07. The van der Waals surface area contributed by atoms with Crippen LogP contribution < -0.4 is 5.32 Å². The van der Waals surface area contributed by atoms with Crippen LogP contribution in [0.25, 0.3) is 5.69 Å². The second-order valence-electron chi connectivity index (χ2n) is 8.26. The lowest BCUT2D eigenvalue weighted by Crippen LogP contribution is -2.36. The predicted molar refractivity (Wildman–Crippen MR) is 128 cm³/mol. The molecule has 33 heavy (non-hydrogen) atoms. The molecule has 0 aliphatic carbocycles. The number of methoxy groups -OCH3 is 1. The van der Waals surface area contributed by atoms with Crippen molar-refractivity contribution in [2.24, 2.45) is 0 Å². The quantitative estimate of drug-likeness (QED) is 0.441. The highest BCUT2D eigenvalue weighted by Gasteiger charge is 2.42. The van der Waals surface area contributed by atoms with Crippen molar-refractivity contribution in [3.8, 4) is 5.69 Å². The molecule has 2 aliphatic heterocycles. The Morgan fingerprint density at radius 3 is 2.91 bits per heavy atom. The third-order valence-electron chi connectivity index (χ3n) is 6.25. The van der Waals surface area contributed by atoms with E-state index in [9.17, 15) is 4.79 Å². The van der Waals surface area contributed by atoms with Crippen LogP contribution in [0.3, 0.4) is 0 Å². The summed E-state index contributed by atoms with van der Waals surface area (Å²) in [6.45, 7) is 1.51. The number of esters is 1. The van der Waals surface area contributed by atoms with Gasteiger partial charge in [0.15, 0.2) is 5.11 Å². The zero-order valence-corrected chi connectivity index (χ0v) is 19.2. The number of pyridine rings is 1. The van der Waals surface area contributed by atoms with E-state index in [2.05, 4.69) is 25.8 Å². The molecule has 0 bridgehead atoms. The van der Waals surface area contributed by atoms with E-state index in [0.29, 0.717) is 17.2 Å². The van der Waals surface area contributed by atoms with Crippen LogP contribution in [0.4, 0.5) is 0 Å². The zero-order valence-electron chi connectivity index (χ0n) is 18.4. The molecule has 7 nitrogen and oxygen atoms in total. The smallest absolute Gasteiger partial charge is 0.337 e. The molecule has 2 aliphatic rings. The summed E-state index contributed by atoms with van der Waals surface area (Å²) in [5, 5.41) is 4.20. The maximum atomic E-state index is 12.1. The van der Waals surface area contributed by atoms with E-state index < -0.39 is 0 Å². The first-order valence-electron chi connectivity index (χ1n) is 11.1. The highest BCUT2D eigenvalue weighted by molar-refractivity contribution is 7.80. The normalized spacial score (nSPS) is 22.4. The van der Waals surface area contributed by atoms with Crippen LogP contribution in [0.15, 0.2) is 67.0 Å². The molecule has 2 saturated heterocycles. The van der Waals surface area contributed by atoms with Crippen molar-refractivity contribution in [1.29, 1.82) is 0 Å². The van der Waals surface area contributed by atoms with Crippen molar-refractivity contribution in [3.63, 3.8) is 0 Å². The second-order valence-corrected chi connectivity index (χ2v) is 8.65. The van der Waals surface area contributed by atoms with E-state index in [-0.39, 0.29) is 24.2 Å². The van der Waals surface area contributed by atoms with Gasteiger partial charge in [-0.25, -0.2) is 4.79 Å². The maximum Gasteiger partial charge on any atom is 0.337 e. The molecule has 1 N–H and O–H groups in total. The number of hydrogen-bond donors (Lipinski definition) is 1. The summed E-state index contributed by atoms with van der Waals surface area (Å²) in [6, 6.07) is 17.3. The van der Waals surface area contributed by atoms with Gasteiger partial charge in [-0.15, -0.1) is 0 Å². The number of nitrogens with one attached hydrogen (secondary N) is 1. The minimum atomic E-state index is -0.361. The number of aromatic nitrogens is 2. The molecular formula is C25H26N4O3S. The molecule has 0 saturated carbocycles. The number of rotatable bonds is 6. The van der Waals surface area contributed by atoms with E-state index in [0.717, 1.165) is 36.5 Å². The Labute approximate surface area is 198 Å². The van der Waals surface area contributed by atoms with Gasteiger partial charge in [-0.05, 0) is 67.5 Å². The Kier molecular flexibility index (Phi) is 6.11. The molecule has 0 unspecified atom stereocenters. The molecule has 0 amide bonds. The number of ether oxygens (including phenoxy) is 2. The standard InChI is InChI=1S/C25H26N4O3S/c1-31-24(30)17-7-4-8-18(15-17)28-13-5-11-21(28)23-22(20-10-2-3-12-26-20)27-25(33)29(23)16-19-9-6-14-32-19/h2-5,7-8,10-13,15,19,22-23H,6,9,14,16H2,1H3,(H,27,33)/t19-,22-,23+/m0/s1. The zero-order chi connectivity index (χ0) is 22.8. The predicted octanol–water partition coefficient (Wildman–Crippen LogP) is 3.81. The lowest BCUT2D eigenvalue weighted by Gasteiger charge is -2.30. The lowest BCUT2D eigenvalue weighted by atomic mass is 10.0. The molecule has 3 atom stereocenters. The van der Waals surface area contributed by atoms with E-state index in [1.807, 2.05) is 48.7 Å². The Hall–Kier alpha value is -3.23. The fourth-order valence-corrected chi connectivity index (χ4v) is 5.02. The van der Waals surface area contributed by atoms with Crippen molar-refractivity contribution < 1.29 is 14.3 Å². The van der Waals surface area contributed by atoms with Gasteiger partial charge in [0.2, 0.25) is 0 Å². The number of benzene rings is 1. The Morgan fingerprint density at radius 2 is 2.15 bits per heavy atom. The average Bonchev–Trinajstić information content (AvgIpc) is 3.61. The summed E-state index contributed by atoms with van der Waals surface area (Å²) < 4.78 is 13.0. The van der Waals surface area contributed by atoms with Crippen molar-refractivity contribution in [2.45, 2.75) is 31.0 Å². The van der Waals surface area contributed by atoms with Crippen LogP contribution in [-0.4, -0.2) is 51.9 Å². The van der Waals surface area contributed by atoms with Crippen LogP contribution in [-0.2, 0) is 9.47 Å². The molecule has 5 rings (SSSR count). The van der Waals surface area contributed by atoms with Crippen LogP contribution in [0.2, 0.25) is 0 Å². The van der Waals surface area contributed by atoms with E-state index in [4.69, 9.17) is 21.7 Å². The lowest BCUT2D eigenvalue weighted by molar-refractivity contribution is 0.0600. The molecule has 8 heteroatoms. The van der Waals surface area contributed by atoms with Crippen molar-refractivity contribution in [3.05, 3.63) is 83.9 Å². The third kappa shape index (κ3) is 4.24. The summed E-state index contributed by atoms with van der Waals surface area (Å²) >= 11 is 5.79. The topological polar surface area (TPSA) is 68.6 Å². The van der Waals surface area contributed by atoms with Gasteiger partial charge in [0, 0.05) is 36.9 Å². The maximum absolute atomic E-state index is 12.1. The largest absolute Gasteiger partial charge is 0.465 e. The average molecular weight is 463 g/mol. The Morgan fingerprint density at radius 1 is 1.24 bits per heavy atom. The minimum absolute atomic E-state index is 0.0895. The summed E-state index contributed by atoms with van der Waals surface area (Å²) in [5.74, 6) is -0.361. The van der Waals surface area contributed by atoms with Crippen LogP contribution >= 0.6 is 12.2 Å². The third-order valence-corrected chi connectivity index (χ3v) is 6.60. The van der Waals surface area contributed by atoms with Gasteiger partial charge >= 0.3 is 5.97 Å². The molecule has 1 aromatic carbocycles. The molecule has 2 fully saturated rings. The van der Waals surface area contributed by atoms with Crippen LogP contribution in [0.5, 0.6) is 0 Å². The van der Waals surface area contributed by atoms with Crippen molar-refractivity contribution in [2.75, 3.05) is 20.3 Å². The molecule has 3 aromatic rings. The molecule has 0 radical (unpaired) electrons. The monoisotopic (exact) mass is 462 g/mol. The summed E-state index contributed by atoms with van der Waals surface area (Å²) in [4.78, 5) is 19.0. The number of carbonyl (C=O) groups is 1. The van der Waals surface area contributed by atoms with E-state index >= 15 is 0 Å². The molecule has 170 valence electrons. The van der Waals surface area contributed by atoms with Gasteiger partial charge in [-0.2, -0.15) is 0 Å². The first-order chi connectivity index (χ1) is 16.2. The molecule has 0 spiro atoms. The second kappa shape index (κ2) is 9.33. The minimum Gasteiger partial charge on any atom is -0.465 e. The van der Waals surface area contributed by atoms with Gasteiger partial charge in [-0.3, -0.25) is 4.98 Å². The highest BCUT2D eigenvalue weighted by atomic mass is 32.1. The Balaban J connectivity index is 1.56. The van der Waals surface area contributed by atoms with Crippen LogP contribution in [0.1, 0.15) is 46.7 Å². The van der Waals surface area contributed by atoms with Gasteiger partial charge in [0.25, 0.3) is 0 Å². The summed E-state index contributed by atoms with van der Waals surface area (Å²) in [7, 11) is 1.39. The number of nitrogens with zero attached hydrogens (tertiary/aromatic N) is 3. The number of hydrogen-bond acceptors (Lipinski definition) is 5. The highest BCUT2D eigenvalue weighted by Crippen LogP contribution is 2.40. The SMILES string of the molecule is COC(=O)c1cccc(-n2cccc2[C@@H]2[C@H](c3ccccn3)NC(=S)N2C[C@@H]2CCCO2)c1. The first kappa shape index (κ1) is 21.6. The molecule has 4 heterocycles. The van der Waals surface area contributed by atoms with Crippen molar-refractivity contribution in [1.82, 2.24) is 19.8 Å². The number of carbonyl (C=O) groups excluding carboxylic acids is 1. The first-order valence-corrected chi connectivity index (χ1v) is 11.5. The van der Waals surface area contributed by atoms with Gasteiger partial charge in [0.05, 0.1) is 36.6 Å². The number of thiocarbonyl (C=S) groups is 1. The Bertz CT molecular complexity index is 1140. The van der Waals surface area contributed by atoms with Crippen LogP contribution in [0, 0.1) is 0 Å². The fourth-order valence-electron chi connectivity index (χ4n) is 4.70. The van der Waals surface area contributed by atoms with Gasteiger partial charge < -0.3 is 24.3 Å². The van der Waals surface area contributed by atoms with Crippen molar-refractivity contribution >= 4 is 23.3 Å².